The van der Waals surface area contributed by atoms with Gasteiger partial charge >= 0.3 is 0 Å². The Hall–Kier alpha value is -1.81. The number of hydrogen-bond donors (Lipinski definition) is 1. The third-order valence-electron chi connectivity index (χ3n) is 2.85. The maximum absolute atomic E-state index is 13.9. The fourth-order valence-electron chi connectivity index (χ4n) is 1.83. The van der Waals surface area contributed by atoms with Gasteiger partial charge in [0, 0.05) is 11.1 Å². The van der Waals surface area contributed by atoms with Crippen molar-refractivity contribution >= 4 is 0 Å². The Bertz CT molecular complexity index is 579. The average molecular weight is 251 g/mol. The van der Waals surface area contributed by atoms with Crippen LogP contribution in [0.2, 0.25) is 0 Å². The molecule has 0 aliphatic carbocycles. The highest BCUT2D eigenvalue weighted by Crippen LogP contribution is 2.26. The van der Waals surface area contributed by atoms with E-state index in [2.05, 4.69) is 0 Å². The van der Waals surface area contributed by atoms with Crippen LogP contribution in [0.25, 0.3) is 0 Å². The van der Waals surface area contributed by atoms with Gasteiger partial charge in [-0.25, -0.2) is 13.2 Å². The SMILES string of the molecule is Cc1cccc(C(N)c2cc(F)ccc2F)c1F. The lowest BCUT2D eigenvalue weighted by Crippen LogP contribution is -2.16. The maximum Gasteiger partial charge on any atom is 0.131 e. The van der Waals surface area contributed by atoms with E-state index in [1.54, 1.807) is 19.1 Å². The molecule has 18 heavy (non-hydrogen) atoms. The van der Waals surface area contributed by atoms with Crippen molar-refractivity contribution in [1.29, 1.82) is 0 Å². The van der Waals surface area contributed by atoms with Gasteiger partial charge in [0.05, 0.1) is 6.04 Å². The third kappa shape index (κ3) is 2.24. The topological polar surface area (TPSA) is 26.0 Å². The standard InChI is InChI=1S/C14H12F3N/c1-8-3-2-4-10(13(8)17)14(18)11-7-9(15)5-6-12(11)16/h2-7,14H,18H2,1H3. The van der Waals surface area contributed by atoms with Crippen molar-refractivity contribution in [1.82, 2.24) is 0 Å². The van der Waals surface area contributed by atoms with E-state index in [1.165, 1.54) is 6.07 Å². The van der Waals surface area contributed by atoms with Gasteiger partial charge < -0.3 is 5.73 Å². The molecule has 1 unspecified atom stereocenters. The molecule has 0 heterocycles. The molecular formula is C14H12F3N. The van der Waals surface area contributed by atoms with Crippen LogP contribution in [0.4, 0.5) is 13.2 Å². The van der Waals surface area contributed by atoms with E-state index in [-0.39, 0.29) is 11.1 Å². The first-order chi connectivity index (χ1) is 8.50. The van der Waals surface area contributed by atoms with Crippen molar-refractivity contribution < 1.29 is 13.2 Å². The second-order valence-corrected chi connectivity index (χ2v) is 4.12. The first-order valence-electron chi connectivity index (χ1n) is 5.46. The molecule has 0 aromatic heterocycles. The Morgan fingerprint density at radius 1 is 1.00 bits per heavy atom. The molecule has 4 heteroatoms. The number of rotatable bonds is 2. The lowest BCUT2D eigenvalue weighted by atomic mass is 9.97. The molecule has 1 nitrogen and oxygen atoms in total. The van der Waals surface area contributed by atoms with Gasteiger partial charge in [0.25, 0.3) is 0 Å². The molecule has 0 radical (unpaired) electrons. The van der Waals surface area contributed by atoms with Crippen molar-refractivity contribution in [3.8, 4) is 0 Å². The Morgan fingerprint density at radius 2 is 1.72 bits per heavy atom. The molecule has 2 rings (SSSR count). The number of benzene rings is 2. The first kappa shape index (κ1) is 12.6. The molecule has 94 valence electrons. The molecule has 2 aromatic rings. The summed E-state index contributed by atoms with van der Waals surface area (Å²) in [5.41, 5.74) is 6.32. The van der Waals surface area contributed by atoms with Crippen LogP contribution in [-0.2, 0) is 0 Å². The smallest absolute Gasteiger partial charge is 0.131 e. The van der Waals surface area contributed by atoms with Crippen LogP contribution in [0.15, 0.2) is 36.4 Å². The molecule has 0 saturated carbocycles. The molecule has 0 amide bonds. The highest BCUT2D eigenvalue weighted by Gasteiger charge is 2.18. The van der Waals surface area contributed by atoms with Gasteiger partial charge in [0.1, 0.15) is 17.5 Å². The zero-order valence-electron chi connectivity index (χ0n) is 9.75. The number of nitrogens with two attached hydrogens (primary N) is 1. The van der Waals surface area contributed by atoms with E-state index >= 15 is 0 Å². The van der Waals surface area contributed by atoms with Crippen LogP contribution in [0.3, 0.4) is 0 Å². The normalized spacial score (nSPS) is 12.5. The zero-order chi connectivity index (χ0) is 13.3. The third-order valence-corrected chi connectivity index (χ3v) is 2.85. The second-order valence-electron chi connectivity index (χ2n) is 4.12. The molecule has 1 atom stereocenters. The van der Waals surface area contributed by atoms with Crippen LogP contribution < -0.4 is 5.73 Å². The largest absolute Gasteiger partial charge is 0.320 e. The van der Waals surface area contributed by atoms with E-state index in [0.29, 0.717) is 5.56 Å². The predicted octanol–water partition coefficient (Wildman–Crippen LogP) is 3.46. The van der Waals surface area contributed by atoms with Gasteiger partial charge in [0.2, 0.25) is 0 Å². The van der Waals surface area contributed by atoms with Crippen molar-refractivity contribution in [3.63, 3.8) is 0 Å². The van der Waals surface area contributed by atoms with E-state index < -0.39 is 23.5 Å². The Labute approximate surface area is 103 Å². The molecule has 0 saturated heterocycles. The Balaban J connectivity index is 2.51. The van der Waals surface area contributed by atoms with Crippen LogP contribution in [0, 0.1) is 24.4 Å². The lowest BCUT2D eigenvalue weighted by molar-refractivity contribution is 0.560. The molecule has 0 fully saturated rings. The number of hydrogen-bond acceptors (Lipinski definition) is 1. The van der Waals surface area contributed by atoms with Crippen molar-refractivity contribution in [2.24, 2.45) is 5.73 Å². The van der Waals surface area contributed by atoms with Gasteiger partial charge in [0.15, 0.2) is 0 Å². The van der Waals surface area contributed by atoms with E-state index in [4.69, 9.17) is 5.73 Å². The van der Waals surface area contributed by atoms with E-state index in [0.717, 1.165) is 18.2 Å². The molecular weight excluding hydrogens is 239 g/mol. The van der Waals surface area contributed by atoms with Crippen LogP contribution in [0.1, 0.15) is 22.7 Å². The summed E-state index contributed by atoms with van der Waals surface area (Å²) in [4.78, 5) is 0. The van der Waals surface area contributed by atoms with Crippen LogP contribution in [-0.4, -0.2) is 0 Å². The summed E-state index contributed by atoms with van der Waals surface area (Å²) < 4.78 is 40.5. The van der Waals surface area contributed by atoms with Crippen LogP contribution >= 0.6 is 0 Å². The monoisotopic (exact) mass is 251 g/mol. The van der Waals surface area contributed by atoms with Gasteiger partial charge in [-0.15, -0.1) is 0 Å². The second kappa shape index (κ2) is 4.82. The summed E-state index contributed by atoms with van der Waals surface area (Å²) in [5, 5.41) is 0. The van der Waals surface area contributed by atoms with Crippen molar-refractivity contribution in [3.05, 3.63) is 70.5 Å². The summed E-state index contributed by atoms with van der Waals surface area (Å²) in [6.07, 6.45) is 0. The first-order valence-corrected chi connectivity index (χ1v) is 5.46. The molecule has 0 aliphatic heterocycles. The van der Waals surface area contributed by atoms with Crippen molar-refractivity contribution in [2.45, 2.75) is 13.0 Å². The minimum Gasteiger partial charge on any atom is -0.320 e. The lowest BCUT2D eigenvalue weighted by Gasteiger charge is -2.15. The molecule has 0 bridgehead atoms. The average Bonchev–Trinajstić information content (AvgIpc) is 2.35. The minimum atomic E-state index is -1.03. The predicted molar refractivity (Wildman–Crippen MR) is 63.5 cm³/mol. The van der Waals surface area contributed by atoms with Gasteiger partial charge in [-0.3, -0.25) is 0 Å². The Kier molecular flexibility index (Phi) is 3.39. The van der Waals surface area contributed by atoms with Gasteiger partial charge in [-0.05, 0) is 30.7 Å². The highest BCUT2D eigenvalue weighted by atomic mass is 19.1. The molecule has 2 N–H and O–H groups in total. The Morgan fingerprint density at radius 3 is 2.44 bits per heavy atom. The summed E-state index contributed by atoms with van der Waals surface area (Å²) in [5.74, 6) is -1.74. The fraction of sp³-hybridized carbons (Fsp3) is 0.143. The summed E-state index contributed by atoms with van der Waals surface area (Å²) in [6.45, 7) is 1.59. The summed E-state index contributed by atoms with van der Waals surface area (Å²) in [7, 11) is 0. The van der Waals surface area contributed by atoms with E-state index in [1.807, 2.05) is 0 Å². The summed E-state index contributed by atoms with van der Waals surface area (Å²) in [6, 6.07) is 6.63. The molecule has 0 aliphatic rings. The highest BCUT2D eigenvalue weighted by molar-refractivity contribution is 5.35. The molecule has 0 spiro atoms. The van der Waals surface area contributed by atoms with Gasteiger partial charge in [-0.1, -0.05) is 18.2 Å². The molecule has 2 aromatic carbocycles. The minimum absolute atomic E-state index is 0.0560. The number of aryl methyl sites for hydroxylation is 1. The van der Waals surface area contributed by atoms with Crippen molar-refractivity contribution in [2.75, 3.05) is 0 Å². The summed E-state index contributed by atoms with van der Waals surface area (Å²) >= 11 is 0. The van der Waals surface area contributed by atoms with Gasteiger partial charge in [-0.2, -0.15) is 0 Å². The maximum atomic E-state index is 13.9. The fourth-order valence-corrected chi connectivity index (χ4v) is 1.83. The zero-order valence-corrected chi connectivity index (χ0v) is 9.75. The quantitative estimate of drug-likeness (QED) is 0.869. The number of halogens is 3. The van der Waals surface area contributed by atoms with E-state index in [9.17, 15) is 13.2 Å². The van der Waals surface area contributed by atoms with Crippen LogP contribution in [0.5, 0.6) is 0 Å².